The molecular weight excluding hydrogens is 452 g/mol. The van der Waals surface area contributed by atoms with Gasteiger partial charge in [-0.3, -0.25) is 9.59 Å². The first kappa shape index (κ1) is 23.5. The van der Waals surface area contributed by atoms with E-state index >= 15 is 0 Å². The number of rotatable bonds is 6. The Morgan fingerprint density at radius 2 is 1.68 bits per heavy atom. The van der Waals surface area contributed by atoms with Gasteiger partial charge in [-0.15, -0.1) is 0 Å². The largest absolute Gasteiger partial charge is 0.467 e. The molecule has 1 aliphatic rings. The van der Waals surface area contributed by atoms with E-state index in [0.717, 1.165) is 16.7 Å². The summed E-state index contributed by atoms with van der Waals surface area (Å²) in [4.78, 5) is 39.5. The lowest BCUT2D eigenvalue weighted by molar-refractivity contribution is -0.147. The third-order valence-electron chi connectivity index (χ3n) is 5.95. The van der Waals surface area contributed by atoms with E-state index in [0.29, 0.717) is 28.4 Å². The molecule has 1 N–H and O–H groups in total. The number of benzene rings is 3. The van der Waals surface area contributed by atoms with E-state index in [9.17, 15) is 14.4 Å². The van der Waals surface area contributed by atoms with Gasteiger partial charge in [0.15, 0.2) is 0 Å². The van der Waals surface area contributed by atoms with Gasteiger partial charge < -0.3 is 15.0 Å². The molecule has 0 fully saturated rings. The Bertz CT molecular complexity index is 1250. The van der Waals surface area contributed by atoms with Crippen molar-refractivity contribution in [3.05, 3.63) is 88.4 Å². The molecule has 1 heterocycles. The van der Waals surface area contributed by atoms with Crippen molar-refractivity contribution >= 4 is 35.1 Å². The number of amides is 2. The lowest BCUT2D eigenvalue weighted by atomic mass is 10.00. The van der Waals surface area contributed by atoms with Crippen LogP contribution in [0.3, 0.4) is 0 Å². The zero-order valence-corrected chi connectivity index (χ0v) is 19.9. The Labute approximate surface area is 203 Å². The molecule has 3 aromatic rings. The smallest absolute Gasteiger partial charge is 0.328 e. The number of methoxy groups -OCH3 is 1. The molecule has 4 rings (SSSR count). The van der Waals surface area contributed by atoms with Crippen molar-refractivity contribution < 1.29 is 19.1 Å². The quantitative estimate of drug-likeness (QED) is 0.482. The van der Waals surface area contributed by atoms with E-state index in [1.807, 2.05) is 44.2 Å². The number of carbonyl (C=O) groups excluding carboxylic acids is 3. The maximum atomic E-state index is 13.1. The number of carbonyl (C=O) groups is 3. The first-order valence-electron chi connectivity index (χ1n) is 11.0. The van der Waals surface area contributed by atoms with Crippen molar-refractivity contribution in [3.8, 4) is 11.1 Å². The summed E-state index contributed by atoms with van der Waals surface area (Å²) in [5.41, 5.74) is 4.28. The Balaban J connectivity index is 1.53. The lowest BCUT2D eigenvalue weighted by Gasteiger charge is -2.28. The molecule has 0 saturated carbocycles. The lowest BCUT2D eigenvalue weighted by Crippen LogP contribution is -2.45. The molecule has 3 aromatic carbocycles. The molecule has 0 spiro atoms. The number of nitrogens with one attached hydrogen (secondary N) is 1. The van der Waals surface area contributed by atoms with Gasteiger partial charge in [-0.25, -0.2) is 4.79 Å². The summed E-state index contributed by atoms with van der Waals surface area (Å²) >= 11 is 6.10. The van der Waals surface area contributed by atoms with Gasteiger partial charge in [0.1, 0.15) is 6.04 Å². The Hall–Kier alpha value is -3.64. The molecule has 0 unspecified atom stereocenters. The van der Waals surface area contributed by atoms with Gasteiger partial charge in [0, 0.05) is 17.8 Å². The molecule has 7 heteroatoms. The summed E-state index contributed by atoms with van der Waals surface area (Å²) in [7, 11) is 1.34. The first-order valence-corrected chi connectivity index (χ1v) is 11.4. The average Bonchev–Trinajstić information content (AvgIpc) is 3.14. The molecule has 0 aromatic heterocycles. The van der Waals surface area contributed by atoms with E-state index in [-0.39, 0.29) is 17.7 Å². The minimum atomic E-state index is -0.630. The molecular formula is C27H25ClN2O4. The van der Waals surface area contributed by atoms with Gasteiger partial charge in [-0.1, -0.05) is 61.8 Å². The topological polar surface area (TPSA) is 75.7 Å². The number of nitrogens with zero attached hydrogens (tertiary/aromatic N) is 1. The third-order valence-corrected chi connectivity index (χ3v) is 6.28. The van der Waals surface area contributed by atoms with Crippen LogP contribution in [0.5, 0.6) is 0 Å². The highest BCUT2D eigenvalue weighted by molar-refractivity contribution is 6.34. The van der Waals surface area contributed by atoms with Crippen LogP contribution >= 0.6 is 11.6 Å². The molecule has 0 saturated heterocycles. The number of esters is 1. The van der Waals surface area contributed by atoms with E-state index in [4.69, 9.17) is 16.3 Å². The van der Waals surface area contributed by atoms with Crippen LogP contribution in [0.2, 0.25) is 5.02 Å². The highest BCUT2D eigenvalue weighted by atomic mass is 35.5. The standard InChI is InChI=1S/C27H25ClN2O4/c1-16(2)24(27(33)34-3)30-15-19-9-8-18(14-22(19)26(30)32)17-10-12-20(13-11-17)29-25(31)21-6-4-5-7-23(21)28/h4-14,16,24H,15H2,1-3H3,(H,29,31)/t24-/m0/s1. The summed E-state index contributed by atoms with van der Waals surface area (Å²) in [6, 6.07) is 19.3. The van der Waals surface area contributed by atoms with Crippen LogP contribution in [-0.4, -0.2) is 35.8 Å². The Kier molecular flexibility index (Phi) is 6.70. The van der Waals surface area contributed by atoms with Crippen LogP contribution in [0, 0.1) is 5.92 Å². The first-order chi connectivity index (χ1) is 16.3. The Morgan fingerprint density at radius 3 is 2.32 bits per heavy atom. The average molecular weight is 477 g/mol. The minimum Gasteiger partial charge on any atom is -0.467 e. The van der Waals surface area contributed by atoms with Crippen molar-refractivity contribution in [1.82, 2.24) is 4.90 Å². The van der Waals surface area contributed by atoms with Crippen molar-refractivity contribution in [2.24, 2.45) is 5.92 Å². The number of ether oxygens (including phenoxy) is 1. The third kappa shape index (κ3) is 4.54. The molecule has 0 aliphatic carbocycles. The number of anilines is 1. The van der Waals surface area contributed by atoms with Crippen molar-refractivity contribution in [2.75, 3.05) is 12.4 Å². The zero-order valence-electron chi connectivity index (χ0n) is 19.2. The monoisotopic (exact) mass is 476 g/mol. The molecule has 34 heavy (non-hydrogen) atoms. The second kappa shape index (κ2) is 9.69. The van der Waals surface area contributed by atoms with E-state index < -0.39 is 12.0 Å². The van der Waals surface area contributed by atoms with Gasteiger partial charge in [-0.2, -0.15) is 0 Å². The van der Waals surface area contributed by atoms with E-state index in [1.165, 1.54) is 7.11 Å². The van der Waals surface area contributed by atoms with Crippen molar-refractivity contribution in [3.63, 3.8) is 0 Å². The summed E-state index contributed by atoms with van der Waals surface area (Å²) in [6.45, 7) is 4.17. The molecule has 2 amide bonds. The van der Waals surface area contributed by atoms with Crippen LogP contribution in [0.25, 0.3) is 11.1 Å². The fourth-order valence-electron chi connectivity index (χ4n) is 4.20. The molecule has 6 nitrogen and oxygen atoms in total. The molecule has 0 radical (unpaired) electrons. The van der Waals surface area contributed by atoms with E-state index in [2.05, 4.69) is 5.32 Å². The van der Waals surface area contributed by atoms with Gasteiger partial charge in [0.05, 0.1) is 17.7 Å². The van der Waals surface area contributed by atoms with Crippen LogP contribution in [0.15, 0.2) is 66.7 Å². The molecule has 1 aliphatic heterocycles. The van der Waals surface area contributed by atoms with Crippen LogP contribution in [0.1, 0.15) is 40.1 Å². The second-order valence-corrected chi connectivity index (χ2v) is 8.94. The van der Waals surface area contributed by atoms with Crippen molar-refractivity contribution in [2.45, 2.75) is 26.4 Å². The summed E-state index contributed by atoms with van der Waals surface area (Å²) < 4.78 is 4.93. The van der Waals surface area contributed by atoms with Crippen LogP contribution in [0.4, 0.5) is 5.69 Å². The minimum absolute atomic E-state index is 0.0706. The number of hydrogen-bond acceptors (Lipinski definition) is 4. The van der Waals surface area contributed by atoms with Crippen LogP contribution in [-0.2, 0) is 16.1 Å². The van der Waals surface area contributed by atoms with Crippen LogP contribution < -0.4 is 5.32 Å². The van der Waals surface area contributed by atoms with E-state index in [1.54, 1.807) is 41.3 Å². The van der Waals surface area contributed by atoms with Crippen molar-refractivity contribution in [1.29, 1.82) is 0 Å². The predicted octanol–water partition coefficient (Wildman–Crippen LogP) is 5.41. The van der Waals surface area contributed by atoms with Gasteiger partial charge >= 0.3 is 5.97 Å². The fraction of sp³-hybridized carbons (Fsp3) is 0.222. The number of hydrogen-bond donors (Lipinski definition) is 1. The molecule has 174 valence electrons. The highest BCUT2D eigenvalue weighted by Crippen LogP contribution is 2.32. The van der Waals surface area contributed by atoms with Gasteiger partial charge in [-0.05, 0) is 52.9 Å². The predicted molar refractivity (Wildman–Crippen MR) is 132 cm³/mol. The van der Waals surface area contributed by atoms with Gasteiger partial charge in [0.25, 0.3) is 11.8 Å². The zero-order chi connectivity index (χ0) is 24.4. The fourth-order valence-corrected chi connectivity index (χ4v) is 4.42. The molecule has 0 bridgehead atoms. The maximum Gasteiger partial charge on any atom is 0.328 e. The Morgan fingerprint density at radius 1 is 1.00 bits per heavy atom. The highest BCUT2D eigenvalue weighted by Gasteiger charge is 2.38. The summed E-state index contributed by atoms with van der Waals surface area (Å²) in [6.07, 6.45) is 0. The molecule has 1 atom stereocenters. The summed E-state index contributed by atoms with van der Waals surface area (Å²) in [5, 5.41) is 3.23. The number of halogens is 1. The maximum absolute atomic E-state index is 13.1. The summed E-state index contributed by atoms with van der Waals surface area (Å²) in [5.74, 6) is -0.944. The number of fused-ring (bicyclic) bond motifs is 1. The van der Waals surface area contributed by atoms with Gasteiger partial charge in [0.2, 0.25) is 0 Å². The SMILES string of the molecule is COC(=O)[C@H](C(C)C)N1Cc2ccc(-c3ccc(NC(=O)c4ccccc4Cl)cc3)cc2C1=O. The second-order valence-electron chi connectivity index (χ2n) is 8.53. The normalized spacial score (nSPS) is 13.6.